The first-order chi connectivity index (χ1) is 7.33. The lowest BCUT2D eigenvalue weighted by Gasteiger charge is -2.35. The standard InChI is InChI=1S/C12H26N2O/c1-4-11(5-2)14(8-9-15-3)12-6-7-13-10-12/h11-13H,4-10H2,1-3H3. The third-order valence-electron chi connectivity index (χ3n) is 3.47. The van der Waals surface area contributed by atoms with Crippen LogP contribution in [0.15, 0.2) is 0 Å². The third-order valence-corrected chi connectivity index (χ3v) is 3.47. The molecule has 90 valence electrons. The predicted octanol–water partition coefficient (Wildman–Crippen LogP) is 1.49. The Morgan fingerprint density at radius 2 is 2.13 bits per heavy atom. The number of rotatable bonds is 7. The molecule has 0 aromatic heterocycles. The summed E-state index contributed by atoms with van der Waals surface area (Å²) in [4.78, 5) is 2.64. The minimum atomic E-state index is 0.727. The highest BCUT2D eigenvalue weighted by atomic mass is 16.5. The van der Waals surface area contributed by atoms with Gasteiger partial charge in [0.05, 0.1) is 6.61 Å². The molecule has 0 radical (unpaired) electrons. The van der Waals surface area contributed by atoms with Gasteiger partial charge in [-0.25, -0.2) is 0 Å². The van der Waals surface area contributed by atoms with Crippen LogP contribution >= 0.6 is 0 Å². The maximum atomic E-state index is 5.21. The number of methoxy groups -OCH3 is 1. The van der Waals surface area contributed by atoms with E-state index in [1.54, 1.807) is 7.11 Å². The molecule has 0 aliphatic carbocycles. The second-order valence-corrected chi connectivity index (χ2v) is 4.35. The summed E-state index contributed by atoms with van der Waals surface area (Å²) in [6.07, 6.45) is 3.79. The van der Waals surface area contributed by atoms with E-state index in [0.717, 1.165) is 31.8 Å². The molecule has 0 amide bonds. The summed E-state index contributed by atoms with van der Waals surface area (Å²) in [5, 5.41) is 3.45. The van der Waals surface area contributed by atoms with E-state index >= 15 is 0 Å². The largest absolute Gasteiger partial charge is 0.383 e. The summed E-state index contributed by atoms with van der Waals surface area (Å²) in [6, 6.07) is 1.45. The van der Waals surface area contributed by atoms with Gasteiger partial charge >= 0.3 is 0 Å². The second kappa shape index (κ2) is 7.20. The van der Waals surface area contributed by atoms with Crippen molar-refractivity contribution >= 4 is 0 Å². The zero-order valence-electron chi connectivity index (χ0n) is 10.5. The molecule has 0 spiro atoms. The molecule has 1 N–H and O–H groups in total. The Kier molecular flexibility index (Phi) is 6.22. The fourth-order valence-electron chi connectivity index (χ4n) is 2.54. The average molecular weight is 214 g/mol. The Morgan fingerprint density at radius 1 is 1.40 bits per heavy atom. The van der Waals surface area contributed by atoms with E-state index in [-0.39, 0.29) is 0 Å². The van der Waals surface area contributed by atoms with Crippen molar-refractivity contribution in [2.45, 2.75) is 45.2 Å². The Morgan fingerprint density at radius 3 is 2.60 bits per heavy atom. The van der Waals surface area contributed by atoms with Crippen molar-refractivity contribution in [2.24, 2.45) is 0 Å². The summed E-state index contributed by atoms with van der Waals surface area (Å²) < 4.78 is 5.21. The first-order valence-electron chi connectivity index (χ1n) is 6.28. The Bertz CT molecular complexity index is 152. The molecule has 1 rings (SSSR count). The van der Waals surface area contributed by atoms with Crippen LogP contribution < -0.4 is 5.32 Å². The van der Waals surface area contributed by atoms with Gasteiger partial charge in [0.25, 0.3) is 0 Å². The number of hydrogen-bond acceptors (Lipinski definition) is 3. The molecule has 1 aliphatic heterocycles. The monoisotopic (exact) mass is 214 g/mol. The van der Waals surface area contributed by atoms with E-state index in [9.17, 15) is 0 Å². The minimum Gasteiger partial charge on any atom is -0.383 e. The van der Waals surface area contributed by atoms with E-state index in [4.69, 9.17) is 4.74 Å². The van der Waals surface area contributed by atoms with E-state index < -0.39 is 0 Å². The topological polar surface area (TPSA) is 24.5 Å². The van der Waals surface area contributed by atoms with Crippen LogP contribution in [0.25, 0.3) is 0 Å². The molecule has 1 fully saturated rings. The number of nitrogens with zero attached hydrogens (tertiary/aromatic N) is 1. The van der Waals surface area contributed by atoms with Crippen LogP contribution in [-0.4, -0.2) is 50.3 Å². The second-order valence-electron chi connectivity index (χ2n) is 4.35. The molecule has 0 aromatic carbocycles. The van der Waals surface area contributed by atoms with Gasteiger partial charge in [0, 0.05) is 32.3 Å². The highest BCUT2D eigenvalue weighted by molar-refractivity contribution is 4.84. The van der Waals surface area contributed by atoms with Gasteiger partial charge in [-0.3, -0.25) is 4.90 Å². The summed E-state index contributed by atoms with van der Waals surface area (Å²) in [6.45, 7) is 8.84. The van der Waals surface area contributed by atoms with E-state index in [2.05, 4.69) is 24.1 Å². The molecule has 15 heavy (non-hydrogen) atoms. The van der Waals surface area contributed by atoms with Gasteiger partial charge in [0.2, 0.25) is 0 Å². The summed E-state index contributed by atoms with van der Waals surface area (Å²) in [5.74, 6) is 0. The smallest absolute Gasteiger partial charge is 0.0589 e. The Labute approximate surface area is 94.2 Å². The quantitative estimate of drug-likeness (QED) is 0.695. The highest BCUT2D eigenvalue weighted by Crippen LogP contribution is 2.16. The average Bonchev–Trinajstić information content (AvgIpc) is 2.77. The lowest BCUT2D eigenvalue weighted by molar-refractivity contribution is 0.0859. The fourth-order valence-corrected chi connectivity index (χ4v) is 2.54. The van der Waals surface area contributed by atoms with Gasteiger partial charge in [-0.2, -0.15) is 0 Å². The van der Waals surface area contributed by atoms with Crippen molar-refractivity contribution in [3.05, 3.63) is 0 Å². The van der Waals surface area contributed by atoms with Gasteiger partial charge in [-0.1, -0.05) is 13.8 Å². The third kappa shape index (κ3) is 3.74. The number of hydrogen-bond donors (Lipinski definition) is 1. The molecule has 0 bridgehead atoms. The first kappa shape index (κ1) is 12.9. The van der Waals surface area contributed by atoms with E-state index in [0.29, 0.717) is 0 Å². The molecule has 1 atom stereocenters. The van der Waals surface area contributed by atoms with Crippen molar-refractivity contribution in [1.29, 1.82) is 0 Å². The molecule has 1 saturated heterocycles. The Hall–Kier alpha value is -0.120. The zero-order chi connectivity index (χ0) is 11.1. The molecule has 1 aliphatic rings. The lowest BCUT2D eigenvalue weighted by atomic mass is 10.1. The van der Waals surface area contributed by atoms with Gasteiger partial charge in [-0.05, 0) is 25.8 Å². The maximum absolute atomic E-state index is 5.21. The van der Waals surface area contributed by atoms with Crippen LogP contribution in [-0.2, 0) is 4.74 Å². The van der Waals surface area contributed by atoms with Gasteiger partial charge in [-0.15, -0.1) is 0 Å². The van der Waals surface area contributed by atoms with Crippen LogP contribution in [0.3, 0.4) is 0 Å². The molecule has 1 heterocycles. The molecular weight excluding hydrogens is 188 g/mol. The van der Waals surface area contributed by atoms with Crippen molar-refractivity contribution in [1.82, 2.24) is 10.2 Å². The van der Waals surface area contributed by atoms with Gasteiger partial charge in [0.15, 0.2) is 0 Å². The number of ether oxygens (including phenoxy) is 1. The van der Waals surface area contributed by atoms with Crippen LogP contribution in [0, 0.1) is 0 Å². The summed E-state index contributed by atoms with van der Waals surface area (Å²) in [7, 11) is 1.79. The molecule has 3 nitrogen and oxygen atoms in total. The van der Waals surface area contributed by atoms with Crippen molar-refractivity contribution in [2.75, 3.05) is 33.4 Å². The SMILES string of the molecule is CCC(CC)N(CCOC)C1CCNC1. The Balaban J connectivity index is 2.49. The highest BCUT2D eigenvalue weighted by Gasteiger charge is 2.26. The first-order valence-corrected chi connectivity index (χ1v) is 6.28. The van der Waals surface area contributed by atoms with E-state index in [1.807, 2.05) is 0 Å². The lowest BCUT2D eigenvalue weighted by Crippen LogP contribution is -2.45. The van der Waals surface area contributed by atoms with Crippen molar-refractivity contribution < 1.29 is 4.74 Å². The fraction of sp³-hybridized carbons (Fsp3) is 1.00. The summed E-state index contributed by atoms with van der Waals surface area (Å²) in [5.41, 5.74) is 0. The predicted molar refractivity (Wildman–Crippen MR) is 64.2 cm³/mol. The van der Waals surface area contributed by atoms with Gasteiger partial charge < -0.3 is 10.1 Å². The molecule has 0 aromatic rings. The van der Waals surface area contributed by atoms with Crippen molar-refractivity contribution in [3.63, 3.8) is 0 Å². The van der Waals surface area contributed by atoms with Crippen LogP contribution in [0.4, 0.5) is 0 Å². The van der Waals surface area contributed by atoms with Crippen LogP contribution in [0.1, 0.15) is 33.1 Å². The van der Waals surface area contributed by atoms with Gasteiger partial charge in [0.1, 0.15) is 0 Å². The van der Waals surface area contributed by atoms with Crippen LogP contribution in [0.5, 0.6) is 0 Å². The van der Waals surface area contributed by atoms with Crippen LogP contribution in [0.2, 0.25) is 0 Å². The maximum Gasteiger partial charge on any atom is 0.0589 e. The molecule has 0 saturated carbocycles. The molecule has 1 unspecified atom stereocenters. The minimum absolute atomic E-state index is 0.727. The molecule has 3 heteroatoms. The zero-order valence-corrected chi connectivity index (χ0v) is 10.5. The number of nitrogens with one attached hydrogen (secondary N) is 1. The van der Waals surface area contributed by atoms with Crippen molar-refractivity contribution in [3.8, 4) is 0 Å². The van der Waals surface area contributed by atoms with E-state index in [1.165, 1.54) is 25.8 Å². The summed E-state index contributed by atoms with van der Waals surface area (Å²) >= 11 is 0. The normalized spacial score (nSPS) is 21.8. The molecular formula is C12H26N2O.